The zero-order valence-electron chi connectivity index (χ0n) is 21.7. The van der Waals surface area contributed by atoms with Gasteiger partial charge in [-0.05, 0) is 47.7 Å². The number of carbonyl (C=O) groups is 2. The number of hydrogen-bond donors (Lipinski definition) is 0. The van der Waals surface area contributed by atoms with E-state index in [0.717, 1.165) is 29.7 Å². The normalized spacial score (nSPS) is 11.0. The van der Waals surface area contributed by atoms with Crippen molar-refractivity contribution in [3.05, 3.63) is 95.6 Å². The van der Waals surface area contributed by atoms with Gasteiger partial charge < -0.3 is 14.4 Å². The van der Waals surface area contributed by atoms with E-state index in [9.17, 15) is 14.0 Å². The van der Waals surface area contributed by atoms with E-state index in [1.54, 1.807) is 17.0 Å². The molecule has 0 N–H and O–H groups in total. The molecular weight excluding hydrogens is 453 g/mol. The van der Waals surface area contributed by atoms with Gasteiger partial charge in [0.1, 0.15) is 5.82 Å². The van der Waals surface area contributed by atoms with Crippen molar-refractivity contribution in [2.45, 2.75) is 59.7 Å². The van der Waals surface area contributed by atoms with E-state index in [1.165, 1.54) is 12.1 Å². The van der Waals surface area contributed by atoms with E-state index in [2.05, 4.69) is 25.3 Å². The molecule has 36 heavy (non-hydrogen) atoms. The number of benzene rings is 2. The molecule has 0 aliphatic heterocycles. The third-order valence-electron chi connectivity index (χ3n) is 6.12. The van der Waals surface area contributed by atoms with Crippen LogP contribution in [0.2, 0.25) is 0 Å². The summed E-state index contributed by atoms with van der Waals surface area (Å²) in [6.45, 7) is 8.30. The van der Waals surface area contributed by atoms with Gasteiger partial charge in [0.2, 0.25) is 11.8 Å². The molecule has 0 aliphatic rings. The Bertz CT molecular complexity index is 1090. The molecular formula is C30H38FN3O2. The lowest BCUT2D eigenvalue weighted by molar-refractivity contribution is -0.141. The summed E-state index contributed by atoms with van der Waals surface area (Å²) in [6.07, 6.45) is 4.21. The Hall–Kier alpha value is -3.41. The van der Waals surface area contributed by atoms with Crippen LogP contribution in [-0.2, 0) is 29.2 Å². The highest BCUT2D eigenvalue weighted by molar-refractivity contribution is 5.84. The van der Waals surface area contributed by atoms with Crippen LogP contribution in [0.25, 0.3) is 0 Å². The fraction of sp³-hybridized carbons (Fsp3) is 0.400. The number of nitrogens with zero attached hydrogens (tertiary/aromatic N) is 3. The topological polar surface area (TPSA) is 45.6 Å². The Morgan fingerprint density at radius 1 is 0.861 bits per heavy atom. The van der Waals surface area contributed by atoms with Crippen LogP contribution in [-0.4, -0.2) is 39.3 Å². The van der Waals surface area contributed by atoms with E-state index >= 15 is 0 Å². The Kier molecular flexibility index (Phi) is 10.3. The third-order valence-corrected chi connectivity index (χ3v) is 6.12. The molecule has 192 valence electrons. The first-order valence-electron chi connectivity index (χ1n) is 12.8. The molecule has 0 unspecified atom stereocenters. The van der Waals surface area contributed by atoms with Crippen molar-refractivity contribution in [2.75, 3.05) is 13.1 Å². The smallest absolute Gasteiger partial charge is 0.242 e. The second-order valence-corrected chi connectivity index (χ2v) is 9.76. The molecule has 0 aliphatic carbocycles. The number of aromatic nitrogens is 1. The van der Waals surface area contributed by atoms with Crippen molar-refractivity contribution in [1.82, 2.24) is 14.4 Å². The van der Waals surface area contributed by atoms with Crippen LogP contribution in [0, 0.1) is 11.7 Å². The molecule has 0 spiro atoms. The molecule has 0 radical (unpaired) electrons. The van der Waals surface area contributed by atoms with Gasteiger partial charge in [-0.3, -0.25) is 9.59 Å². The number of amides is 2. The van der Waals surface area contributed by atoms with Gasteiger partial charge in [-0.1, -0.05) is 69.7 Å². The summed E-state index contributed by atoms with van der Waals surface area (Å²) >= 11 is 0. The number of halogens is 1. The lowest BCUT2D eigenvalue weighted by atomic mass is 10.1. The summed E-state index contributed by atoms with van der Waals surface area (Å²) in [7, 11) is 0. The minimum atomic E-state index is -0.259. The van der Waals surface area contributed by atoms with E-state index in [1.807, 2.05) is 53.6 Å². The average molecular weight is 492 g/mol. The van der Waals surface area contributed by atoms with Gasteiger partial charge in [-0.25, -0.2) is 4.39 Å². The van der Waals surface area contributed by atoms with Crippen molar-refractivity contribution in [2.24, 2.45) is 5.92 Å². The molecule has 2 aromatic carbocycles. The molecule has 1 heterocycles. The van der Waals surface area contributed by atoms with Crippen molar-refractivity contribution in [3.63, 3.8) is 0 Å². The number of rotatable bonds is 13. The van der Waals surface area contributed by atoms with Gasteiger partial charge >= 0.3 is 0 Å². The Labute approximate surface area is 214 Å². The van der Waals surface area contributed by atoms with Gasteiger partial charge in [0, 0.05) is 37.9 Å². The van der Waals surface area contributed by atoms with Crippen LogP contribution in [0.5, 0.6) is 0 Å². The largest absolute Gasteiger partial charge is 0.345 e. The molecule has 0 bridgehead atoms. The van der Waals surface area contributed by atoms with E-state index < -0.39 is 0 Å². The SMILES string of the molecule is CCCCC(=O)N(CC(=O)N(Cc1ccccc1)Cc1cccn1Cc1ccc(F)cc1)CC(C)C. The Balaban J connectivity index is 1.80. The summed E-state index contributed by atoms with van der Waals surface area (Å²) in [4.78, 5) is 30.1. The predicted octanol–water partition coefficient (Wildman–Crippen LogP) is 5.88. The Morgan fingerprint density at radius 2 is 1.58 bits per heavy atom. The van der Waals surface area contributed by atoms with Crippen LogP contribution >= 0.6 is 0 Å². The maximum atomic E-state index is 13.6. The molecule has 2 amide bonds. The first-order chi connectivity index (χ1) is 17.4. The highest BCUT2D eigenvalue weighted by Crippen LogP contribution is 2.15. The zero-order valence-corrected chi connectivity index (χ0v) is 21.7. The monoisotopic (exact) mass is 491 g/mol. The van der Waals surface area contributed by atoms with E-state index in [4.69, 9.17) is 0 Å². The van der Waals surface area contributed by atoms with Crippen molar-refractivity contribution < 1.29 is 14.0 Å². The van der Waals surface area contributed by atoms with Gasteiger partial charge in [-0.15, -0.1) is 0 Å². The lowest BCUT2D eigenvalue weighted by Gasteiger charge is -2.29. The van der Waals surface area contributed by atoms with Crippen molar-refractivity contribution in [1.29, 1.82) is 0 Å². The highest BCUT2D eigenvalue weighted by atomic mass is 19.1. The fourth-order valence-electron chi connectivity index (χ4n) is 4.21. The lowest BCUT2D eigenvalue weighted by Crippen LogP contribution is -2.44. The highest BCUT2D eigenvalue weighted by Gasteiger charge is 2.23. The molecule has 0 fully saturated rings. The standard InChI is InChI=1S/C30H38FN3O2/c1-4-5-13-29(35)33(19-24(2)3)23-30(36)34(21-25-10-7-6-8-11-25)22-28-12-9-18-32(28)20-26-14-16-27(31)17-15-26/h6-12,14-18,24H,4-5,13,19-23H2,1-3H3. The van der Waals surface area contributed by atoms with Gasteiger partial charge in [-0.2, -0.15) is 0 Å². The minimum absolute atomic E-state index is 0.0400. The summed E-state index contributed by atoms with van der Waals surface area (Å²) in [5.41, 5.74) is 3.01. The second-order valence-electron chi connectivity index (χ2n) is 9.76. The van der Waals surface area contributed by atoms with E-state index in [-0.39, 0.29) is 30.1 Å². The summed E-state index contributed by atoms with van der Waals surface area (Å²) in [5.74, 6) is -0.0124. The summed E-state index contributed by atoms with van der Waals surface area (Å²) in [5, 5.41) is 0. The number of hydrogen-bond acceptors (Lipinski definition) is 2. The summed E-state index contributed by atoms with van der Waals surface area (Å²) in [6, 6.07) is 20.4. The van der Waals surface area contributed by atoms with Crippen LogP contribution in [0.15, 0.2) is 72.9 Å². The first-order valence-corrected chi connectivity index (χ1v) is 12.8. The molecule has 1 aromatic heterocycles. The molecule has 5 nitrogen and oxygen atoms in total. The zero-order chi connectivity index (χ0) is 25.9. The molecule has 3 rings (SSSR count). The molecule has 0 atom stereocenters. The van der Waals surface area contributed by atoms with Crippen LogP contribution in [0.3, 0.4) is 0 Å². The van der Waals surface area contributed by atoms with Gasteiger partial charge in [0.25, 0.3) is 0 Å². The van der Waals surface area contributed by atoms with Gasteiger partial charge in [0.05, 0.1) is 13.1 Å². The van der Waals surface area contributed by atoms with Crippen LogP contribution < -0.4 is 0 Å². The molecule has 0 saturated carbocycles. The van der Waals surface area contributed by atoms with Crippen LogP contribution in [0.4, 0.5) is 4.39 Å². The summed E-state index contributed by atoms with van der Waals surface area (Å²) < 4.78 is 15.4. The van der Waals surface area contributed by atoms with Crippen molar-refractivity contribution >= 4 is 11.8 Å². The molecule has 0 saturated heterocycles. The van der Waals surface area contributed by atoms with Gasteiger partial charge in [0.15, 0.2) is 0 Å². The Morgan fingerprint density at radius 3 is 2.25 bits per heavy atom. The van der Waals surface area contributed by atoms with E-state index in [0.29, 0.717) is 32.6 Å². The molecule has 3 aromatic rings. The first kappa shape index (κ1) is 27.2. The van der Waals surface area contributed by atoms with Crippen LogP contribution in [0.1, 0.15) is 56.9 Å². The quantitative estimate of drug-likeness (QED) is 0.300. The van der Waals surface area contributed by atoms with Crippen molar-refractivity contribution in [3.8, 4) is 0 Å². The minimum Gasteiger partial charge on any atom is -0.345 e. The maximum absolute atomic E-state index is 13.6. The third kappa shape index (κ3) is 8.36. The fourth-order valence-corrected chi connectivity index (χ4v) is 4.21. The number of unbranched alkanes of at least 4 members (excludes halogenated alkanes) is 1. The maximum Gasteiger partial charge on any atom is 0.242 e. The number of carbonyl (C=O) groups excluding carboxylic acids is 2. The molecule has 6 heteroatoms. The second kappa shape index (κ2) is 13.6. The average Bonchev–Trinajstić information content (AvgIpc) is 3.29. The predicted molar refractivity (Wildman–Crippen MR) is 142 cm³/mol.